The van der Waals surface area contributed by atoms with Crippen molar-refractivity contribution in [3.05, 3.63) is 78.4 Å². The van der Waals surface area contributed by atoms with Crippen molar-refractivity contribution in [3.8, 4) is 0 Å². The monoisotopic (exact) mass is 479 g/mol. The van der Waals surface area contributed by atoms with Crippen LogP contribution in [0.25, 0.3) is 10.8 Å². The fourth-order valence-electron chi connectivity index (χ4n) is 4.32. The Morgan fingerprint density at radius 3 is 2.26 bits per heavy atom. The Hall–Kier alpha value is -3.23. The molecular formula is C26H29N3O4S. The van der Waals surface area contributed by atoms with Crippen LogP contribution in [0.3, 0.4) is 0 Å². The van der Waals surface area contributed by atoms with Crippen molar-refractivity contribution in [1.29, 1.82) is 0 Å². The highest BCUT2D eigenvalue weighted by Crippen LogP contribution is 2.24. The van der Waals surface area contributed by atoms with E-state index in [9.17, 15) is 18.0 Å². The van der Waals surface area contributed by atoms with E-state index in [1.54, 1.807) is 12.1 Å². The molecule has 1 fully saturated rings. The zero-order chi connectivity index (χ0) is 24.1. The number of nitrogens with zero attached hydrogens (tertiary/aromatic N) is 1. The molecule has 0 aromatic heterocycles. The first-order valence-corrected chi connectivity index (χ1v) is 12.9. The number of sulfonamides is 1. The third-order valence-corrected chi connectivity index (χ3v) is 8.03. The Labute approximate surface area is 200 Å². The molecule has 0 spiro atoms. The van der Waals surface area contributed by atoms with E-state index in [0.717, 1.165) is 16.3 Å². The van der Waals surface area contributed by atoms with E-state index >= 15 is 0 Å². The number of hydrogen-bond donors (Lipinski definition) is 2. The maximum absolute atomic E-state index is 13.2. The SMILES string of the molecule is CC(=O)N[C@H](Cc1ccccc1)C(=O)NC1CCN(S(=O)(=O)c2ccc3ccccc3c2)CC1. The van der Waals surface area contributed by atoms with Gasteiger partial charge in [0.25, 0.3) is 0 Å². The minimum Gasteiger partial charge on any atom is -0.351 e. The number of carbonyl (C=O) groups excluding carboxylic acids is 2. The van der Waals surface area contributed by atoms with Crippen LogP contribution in [0.4, 0.5) is 0 Å². The molecule has 1 aliphatic heterocycles. The van der Waals surface area contributed by atoms with Crippen molar-refractivity contribution in [2.24, 2.45) is 0 Å². The number of benzene rings is 3. The second kappa shape index (κ2) is 10.4. The highest BCUT2D eigenvalue weighted by molar-refractivity contribution is 7.89. The average molecular weight is 480 g/mol. The van der Waals surface area contributed by atoms with Gasteiger partial charge in [-0.2, -0.15) is 4.31 Å². The highest BCUT2D eigenvalue weighted by Gasteiger charge is 2.31. The first-order chi connectivity index (χ1) is 16.3. The van der Waals surface area contributed by atoms with E-state index in [-0.39, 0.29) is 22.8 Å². The standard InChI is InChI=1S/C26H29N3O4S/c1-19(30)27-25(17-20-7-3-2-4-8-20)26(31)28-23-13-15-29(16-14-23)34(32,33)24-12-11-21-9-5-6-10-22(21)18-24/h2-12,18,23,25H,13-17H2,1H3,(H,27,30)(H,28,31)/t25-/m1/s1. The van der Waals surface area contributed by atoms with E-state index < -0.39 is 16.1 Å². The first kappa shape index (κ1) is 23.9. The summed E-state index contributed by atoms with van der Waals surface area (Å²) in [5.41, 5.74) is 0.952. The van der Waals surface area contributed by atoms with Gasteiger partial charge in [0.2, 0.25) is 21.8 Å². The molecule has 2 N–H and O–H groups in total. The van der Waals surface area contributed by atoms with Gasteiger partial charge in [-0.3, -0.25) is 9.59 Å². The predicted octanol–water partition coefficient (Wildman–Crippen LogP) is 2.86. The van der Waals surface area contributed by atoms with E-state index in [2.05, 4.69) is 10.6 Å². The van der Waals surface area contributed by atoms with E-state index in [1.807, 2.05) is 60.7 Å². The van der Waals surface area contributed by atoms with Crippen molar-refractivity contribution < 1.29 is 18.0 Å². The third kappa shape index (κ3) is 5.63. The summed E-state index contributed by atoms with van der Waals surface area (Å²) in [5.74, 6) is -0.526. The first-order valence-electron chi connectivity index (χ1n) is 11.4. The molecule has 3 aromatic rings. The fraction of sp³-hybridized carbons (Fsp3) is 0.308. The van der Waals surface area contributed by atoms with Gasteiger partial charge in [0.05, 0.1) is 4.90 Å². The van der Waals surface area contributed by atoms with Crippen LogP contribution < -0.4 is 10.6 Å². The molecule has 1 atom stereocenters. The van der Waals surface area contributed by atoms with E-state index in [1.165, 1.54) is 11.2 Å². The van der Waals surface area contributed by atoms with E-state index in [4.69, 9.17) is 0 Å². The second-order valence-electron chi connectivity index (χ2n) is 8.64. The Morgan fingerprint density at radius 1 is 0.941 bits per heavy atom. The summed E-state index contributed by atoms with van der Waals surface area (Å²) in [6.07, 6.45) is 1.41. The zero-order valence-corrected chi connectivity index (χ0v) is 19.9. The molecule has 8 heteroatoms. The van der Waals surface area contributed by atoms with Gasteiger partial charge >= 0.3 is 0 Å². The van der Waals surface area contributed by atoms with Gasteiger partial charge in [-0.1, -0.05) is 60.7 Å². The summed E-state index contributed by atoms with van der Waals surface area (Å²) in [7, 11) is -3.61. The summed E-state index contributed by atoms with van der Waals surface area (Å²) in [5, 5.41) is 7.61. The number of hydrogen-bond acceptors (Lipinski definition) is 4. The van der Waals surface area contributed by atoms with Crippen LogP contribution in [-0.2, 0) is 26.0 Å². The Bertz CT molecular complexity index is 1270. The van der Waals surface area contributed by atoms with Gasteiger partial charge < -0.3 is 10.6 Å². The number of carbonyl (C=O) groups is 2. The number of fused-ring (bicyclic) bond motifs is 1. The smallest absolute Gasteiger partial charge is 0.243 e. The normalized spacial score (nSPS) is 16.1. The lowest BCUT2D eigenvalue weighted by Crippen LogP contribution is -2.53. The lowest BCUT2D eigenvalue weighted by atomic mass is 10.0. The molecule has 4 rings (SSSR count). The van der Waals surface area contributed by atoms with Gasteiger partial charge in [-0.15, -0.1) is 0 Å². The number of rotatable bonds is 7. The maximum Gasteiger partial charge on any atom is 0.243 e. The van der Waals surface area contributed by atoms with Crippen molar-refractivity contribution in [2.75, 3.05) is 13.1 Å². The van der Waals surface area contributed by atoms with Crippen LogP contribution >= 0.6 is 0 Å². The predicted molar refractivity (Wildman–Crippen MR) is 132 cm³/mol. The quantitative estimate of drug-likeness (QED) is 0.545. The molecule has 1 heterocycles. The van der Waals surface area contributed by atoms with Crippen molar-refractivity contribution in [2.45, 2.75) is 43.2 Å². The van der Waals surface area contributed by atoms with Gasteiger partial charge in [-0.25, -0.2) is 8.42 Å². The molecule has 7 nitrogen and oxygen atoms in total. The van der Waals surface area contributed by atoms with Crippen molar-refractivity contribution in [1.82, 2.24) is 14.9 Å². The number of piperidine rings is 1. The Kier molecular flexibility index (Phi) is 7.29. The lowest BCUT2D eigenvalue weighted by Gasteiger charge is -2.32. The molecule has 0 aliphatic carbocycles. The Balaban J connectivity index is 1.38. The van der Waals surface area contributed by atoms with Crippen LogP contribution in [0.5, 0.6) is 0 Å². The summed E-state index contributed by atoms with van der Waals surface area (Å²) in [6, 6.07) is 21.5. The second-order valence-corrected chi connectivity index (χ2v) is 10.6. The molecule has 0 radical (unpaired) electrons. The number of nitrogens with one attached hydrogen (secondary N) is 2. The van der Waals surface area contributed by atoms with Gasteiger partial charge in [0.15, 0.2) is 0 Å². The molecule has 1 aliphatic rings. The van der Waals surface area contributed by atoms with Crippen LogP contribution in [-0.4, -0.2) is 49.7 Å². The van der Waals surface area contributed by atoms with Gasteiger partial charge in [0.1, 0.15) is 6.04 Å². The van der Waals surface area contributed by atoms with Crippen molar-refractivity contribution >= 4 is 32.6 Å². The zero-order valence-electron chi connectivity index (χ0n) is 19.1. The molecule has 3 aromatic carbocycles. The molecular weight excluding hydrogens is 450 g/mol. The molecule has 0 bridgehead atoms. The Morgan fingerprint density at radius 2 is 1.59 bits per heavy atom. The van der Waals surface area contributed by atoms with Crippen LogP contribution in [0.2, 0.25) is 0 Å². The lowest BCUT2D eigenvalue weighted by molar-refractivity contribution is -0.128. The van der Waals surface area contributed by atoms with Gasteiger partial charge in [-0.05, 0) is 41.3 Å². The largest absolute Gasteiger partial charge is 0.351 e. The molecule has 1 saturated heterocycles. The van der Waals surface area contributed by atoms with Crippen molar-refractivity contribution in [3.63, 3.8) is 0 Å². The van der Waals surface area contributed by atoms with Crippen LogP contribution in [0.15, 0.2) is 77.7 Å². The summed E-state index contributed by atoms with van der Waals surface area (Å²) in [4.78, 5) is 24.8. The molecule has 2 amide bonds. The molecule has 0 saturated carbocycles. The van der Waals surface area contributed by atoms with Gasteiger partial charge in [0, 0.05) is 32.5 Å². The highest BCUT2D eigenvalue weighted by atomic mass is 32.2. The summed E-state index contributed by atoms with van der Waals surface area (Å²) < 4.78 is 27.8. The molecule has 0 unspecified atom stereocenters. The molecule has 34 heavy (non-hydrogen) atoms. The minimum absolute atomic E-state index is 0.150. The van der Waals surface area contributed by atoms with Crippen LogP contribution in [0, 0.1) is 0 Å². The average Bonchev–Trinajstić information content (AvgIpc) is 2.84. The van der Waals surface area contributed by atoms with E-state index in [0.29, 0.717) is 32.4 Å². The number of amides is 2. The fourth-order valence-corrected chi connectivity index (χ4v) is 5.83. The third-order valence-electron chi connectivity index (χ3n) is 6.14. The molecule has 178 valence electrons. The maximum atomic E-state index is 13.2. The topological polar surface area (TPSA) is 95.6 Å². The summed E-state index contributed by atoms with van der Waals surface area (Å²) >= 11 is 0. The van der Waals surface area contributed by atoms with Crippen LogP contribution in [0.1, 0.15) is 25.3 Å². The minimum atomic E-state index is -3.61. The summed E-state index contributed by atoms with van der Waals surface area (Å²) in [6.45, 7) is 2.04.